The first-order valence-corrected chi connectivity index (χ1v) is 7.87. The Morgan fingerprint density at radius 3 is 3.00 bits per heavy atom. The summed E-state index contributed by atoms with van der Waals surface area (Å²) in [5, 5.41) is 11.5. The van der Waals surface area contributed by atoms with Gasteiger partial charge in [0.05, 0.1) is 0 Å². The number of ether oxygens (including phenoxy) is 1. The Balaban J connectivity index is 1.73. The van der Waals surface area contributed by atoms with E-state index in [0.717, 1.165) is 25.2 Å². The molecule has 1 heterocycles. The van der Waals surface area contributed by atoms with Gasteiger partial charge in [-0.05, 0) is 54.9 Å². The summed E-state index contributed by atoms with van der Waals surface area (Å²) in [4.78, 5) is 14.7. The first-order valence-electron chi connectivity index (χ1n) is 7.87. The lowest BCUT2D eigenvalue weighted by Gasteiger charge is -2.25. The quantitative estimate of drug-likeness (QED) is 0.940. The number of nitrogens with zero attached hydrogens (tertiary/aromatic N) is 2. The molecule has 0 atom stereocenters. The van der Waals surface area contributed by atoms with Crippen LogP contribution in [0.5, 0.6) is 5.75 Å². The molecule has 24 heavy (non-hydrogen) atoms. The minimum Gasteiger partial charge on any atom is -0.479 e. The Labute approximate surface area is 141 Å². The third-order valence-electron chi connectivity index (χ3n) is 4.07. The van der Waals surface area contributed by atoms with Crippen molar-refractivity contribution >= 4 is 11.6 Å². The summed E-state index contributed by atoms with van der Waals surface area (Å²) < 4.78 is 5.24. The van der Waals surface area contributed by atoms with Crippen molar-refractivity contribution in [3.8, 4) is 11.8 Å². The minimum absolute atomic E-state index is 0.0383. The third-order valence-corrected chi connectivity index (χ3v) is 4.07. The van der Waals surface area contributed by atoms with Crippen molar-refractivity contribution in [3.63, 3.8) is 0 Å². The van der Waals surface area contributed by atoms with Crippen LogP contribution in [0.3, 0.4) is 0 Å². The number of carbonyl (C=O) groups excluding carboxylic acids is 1. The number of likely N-dealkylation sites (N-methyl/N-ethyl adjacent to an activating group) is 1. The summed E-state index contributed by atoms with van der Waals surface area (Å²) in [6.07, 6.45) is 1.04. The largest absolute Gasteiger partial charge is 0.479 e. The highest BCUT2D eigenvalue weighted by molar-refractivity contribution is 6.04. The van der Waals surface area contributed by atoms with Crippen LogP contribution in [0, 0.1) is 11.3 Å². The van der Waals surface area contributed by atoms with Crippen molar-refractivity contribution in [1.29, 1.82) is 5.26 Å². The maximum atomic E-state index is 12.4. The van der Waals surface area contributed by atoms with Crippen LogP contribution in [0.1, 0.15) is 21.5 Å². The van der Waals surface area contributed by atoms with E-state index < -0.39 is 0 Å². The monoisotopic (exact) mass is 321 g/mol. The molecule has 0 unspecified atom stereocenters. The predicted octanol–water partition coefficient (Wildman–Crippen LogP) is 2.83. The van der Waals surface area contributed by atoms with E-state index in [1.165, 1.54) is 11.1 Å². The summed E-state index contributed by atoms with van der Waals surface area (Å²) in [5.74, 6) is 0.317. The highest BCUT2D eigenvalue weighted by Gasteiger charge is 2.14. The summed E-state index contributed by atoms with van der Waals surface area (Å²) in [6.45, 7) is 1.92. The first-order chi connectivity index (χ1) is 11.7. The molecule has 0 fully saturated rings. The van der Waals surface area contributed by atoms with Gasteiger partial charge in [0.25, 0.3) is 5.91 Å². The second-order valence-corrected chi connectivity index (χ2v) is 5.90. The van der Waals surface area contributed by atoms with Crippen LogP contribution < -0.4 is 10.1 Å². The maximum Gasteiger partial charge on any atom is 0.255 e. The molecule has 3 rings (SSSR count). The fourth-order valence-electron chi connectivity index (χ4n) is 2.82. The number of fused-ring (bicyclic) bond motifs is 1. The van der Waals surface area contributed by atoms with Gasteiger partial charge in [-0.3, -0.25) is 4.79 Å². The Bertz CT molecular complexity index is 795. The van der Waals surface area contributed by atoms with Gasteiger partial charge in [0, 0.05) is 24.3 Å². The van der Waals surface area contributed by atoms with Crippen LogP contribution in [0.15, 0.2) is 42.5 Å². The van der Waals surface area contributed by atoms with E-state index in [0.29, 0.717) is 11.3 Å². The molecule has 5 nitrogen and oxygen atoms in total. The normalized spacial score (nSPS) is 13.7. The molecule has 1 N–H and O–H groups in total. The highest BCUT2D eigenvalue weighted by atomic mass is 16.5. The Hall–Kier alpha value is -2.84. The zero-order valence-electron chi connectivity index (χ0n) is 13.6. The number of amides is 1. The van der Waals surface area contributed by atoms with Crippen molar-refractivity contribution in [1.82, 2.24) is 4.90 Å². The molecule has 0 spiro atoms. The fraction of sp³-hybridized carbons (Fsp3) is 0.263. The second kappa shape index (κ2) is 7.16. The lowest BCUT2D eigenvalue weighted by Crippen LogP contribution is -2.26. The average Bonchev–Trinajstić information content (AvgIpc) is 2.60. The molecule has 1 aliphatic rings. The molecule has 2 aromatic carbocycles. The van der Waals surface area contributed by atoms with Gasteiger partial charge in [-0.15, -0.1) is 0 Å². The van der Waals surface area contributed by atoms with Gasteiger partial charge >= 0.3 is 0 Å². The van der Waals surface area contributed by atoms with Crippen LogP contribution in [-0.2, 0) is 13.0 Å². The number of hydrogen-bond donors (Lipinski definition) is 1. The molecule has 1 amide bonds. The summed E-state index contributed by atoms with van der Waals surface area (Å²) in [5.41, 5.74) is 3.89. The van der Waals surface area contributed by atoms with Crippen molar-refractivity contribution in [3.05, 3.63) is 59.2 Å². The molecule has 0 saturated heterocycles. The van der Waals surface area contributed by atoms with Gasteiger partial charge in [-0.1, -0.05) is 12.1 Å². The highest BCUT2D eigenvalue weighted by Crippen LogP contribution is 2.22. The van der Waals surface area contributed by atoms with Crippen LogP contribution in [0.25, 0.3) is 0 Å². The number of benzene rings is 2. The number of rotatable bonds is 4. The molecule has 0 aliphatic carbocycles. The SMILES string of the molecule is CN1CCc2ccc(NC(=O)c3cccc(OCC#N)c3)cc2C1. The standard InChI is InChI=1S/C19H19N3O2/c1-22-9-7-14-5-6-17(11-16(14)13-22)21-19(23)15-3-2-4-18(12-15)24-10-8-20/h2-6,11-12H,7,9-10,13H2,1H3,(H,21,23). The Morgan fingerprint density at radius 1 is 1.29 bits per heavy atom. The topological polar surface area (TPSA) is 65.4 Å². The molecule has 2 aromatic rings. The maximum absolute atomic E-state index is 12.4. The van der Waals surface area contributed by atoms with Gasteiger partial charge in [0.2, 0.25) is 0 Å². The van der Waals surface area contributed by atoms with E-state index in [4.69, 9.17) is 10.00 Å². The fourth-order valence-corrected chi connectivity index (χ4v) is 2.82. The van der Waals surface area contributed by atoms with E-state index in [1.54, 1.807) is 24.3 Å². The van der Waals surface area contributed by atoms with Gasteiger partial charge in [0.1, 0.15) is 11.8 Å². The number of carbonyl (C=O) groups is 1. The van der Waals surface area contributed by atoms with Crippen molar-refractivity contribution in [2.75, 3.05) is 25.5 Å². The third kappa shape index (κ3) is 3.73. The van der Waals surface area contributed by atoms with E-state index in [-0.39, 0.29) is 12.5 Å². The van der Waals surface area contributed by atoms with Crippen molar-refractivity contribution < 1.29 is 9.53 Å². The second-order valence-electron chi connectivity index (χ2n) is 5.90. The van der Waals surface area contributed by atoms with Gasteiger partial charge < -0.3 is 15.0 Å². The van der Waals surface area contributed by atoms with Crippen molar-refractivity contribution in [2.45, 2.75) is 13.0 Å². The smallest absolute Gasteiger partial charge is 0.255 e. The average molecular weight is 321 g/mol. The lowest BCUT2D eigenvalue weighted by molar-refractivity contribution is 0.102. The van der Waals surface area contributed by atoms with Gasteiger partial charge in [0.15, 0.2) is 6.61 Å². The van der Waals surface area contributed by atoms with Gasteiger partial charge in [-0.2, -0.15) is 5.26 Å². The summed E-state index contributed by atoms with van der Waals surface area (Å²) >= 11 is 0. The summed E-state index contributed by atoms with van der Waals surface area (Å²) in [7, 11) is 2.10. The Kier molecular flexibility index (Phi) is 4.78. The molecule has 1 aliphatic heterocycles. The zero-order valence-corrected chi connectivity index (χ0v) is 13.6. The molecule has 122 valence electrons. The van der Waals surface area contributed by atoms with Crippen molar-refractivity contribution in [2.24, 2.45) is 0 Å². The molecular formula is C19H19N3O2. The predicted molar refractivity (Wildman–Crippen MR) is 92.0 cm³/mol. The number of nitriles is 1. The molecule has 0 aromatic heterocycles. The molecular weight excluding hydrogens is 302 g/mol. The summed E-state index contributed by atoms with van der Waals surface area (Å²) in [6, 6.07) is 14.8. The Morgan fingerprint density at radius 2 is 2.17 bits per heavy atom. The molecule has 5 heteroatoms. The minimum atomic E-state index is -0.193. The van der Waals surface area contributed by atoms with Crippen LogP contribution in [-0.4, -0.2) is 31.0 Å². The lowest BCUT2D eigenvalue weighted by atomic mass is 9.99. The zero-order chi connectivity index (χ0) is 16.9. The molecule has 0 bridgehead atoms. The van der Waals surface area contributed by atoms with E-state index in [1.807, 2.05) is 18.2 Å². The van der Waals surface area contributed by atoms with Crippen LogP contribution in [0.2, 0.25) is 0 Å². The van der Waals surface area contributed by atoms with Crippen LogP contribution >= 0.6 is 0 Å². The van der Waals surface area contributed by atoms with E-state index in [9.17, 15) is 4.79 Å². The molecule has 0 radical (unpaired) electrons. The van der Waals surface area contributed by atoms with E-state index >= 15 is 0 Å². The molecule has 0 saturated carbocycles. The number of hydrogen-bond acceptors (Lipinski definition) is 4. The number of anilines is 1. The first kappa shape index (κ1) is 16.0. The van der Waals surface area contributed by atoms with Gasteiger partial charge in [-0.25, -0.2) is 0 Å². The van der Waals surface area contributed by atoms with Crippen LogP contribution in [0.4, 0.5) is 5.69 Å². The van der Waals surface area contributed by atoms with E-state index in [2.05, 4.69) is 23.3 Å². The number of nitrogens with one attached hydrogen (secondary N) is 1.